The van der Waals surface area contributed by atoms with Crippen molar-refractivity contribution in [3.63, 3.8) is 0 Å². The van der Waals surface area contributed by atoms with Crippen LogP contribution in [-0.4, -0.2) is 17.9 Å². The third-order valence-corrected chi connectivity index (χ3v) is 3.42. The standard InChI is InChI=1S/C16H15NO4/c1-10-4-2-3-5-12(10)17-15(16(18)19)11-6-7-13-14(8-11)21-9-20-13/h2-8,15,17H,9H2,1H3,(H,18,19). The number of carboxylic acids is 1. The molecule has 1 heterocycles. The Hall–Kier alpha value is -2.69. The zero-order chi connectivity index (χ0) is 14.8. The van der Waals surface area contributed by atoms with Crippen LogP contribution in [0.25, 0.3) is 0 Å². The van der Waals surface area contributed by atoms with E-state index < -0.39 is 12.0 Å². The maximum absolute atomic E-state index is 11.6. The molecule has 0 bridgehead atoms. The van der Waals surface area contributed by atoms with Gasteiger partial charge in [-0.2, -0.15) is 0 Å². The lowest BCUT2D eigenvalue weighted by Crippen LogP contribution is -2.20. The summed E-state index contributed by atoms with van der Waals surface area (Å²) in [7, 11) is 0. The summed E-state index contributed by atoms with van der Waals surface area (Å²) < 4.78 is 10.5. The summed E-state index contributed by atoms with van der Waals surface area (Å²) in [4.78, 5) is 11.6. The predicted molar refractivity (Wildman–Crippen MR) is 77.7 cm³/mol. The first kappa shape index (κ1) is 13.3. The molecular weight excluding hydrogens is 270 g/mol. The molecule has 2 aromatic rings. The van der Waals surface area contributed by atoms with Gasteiger partial charge in [0.2, 0.25) is 6.79 Å². The highest BCUT2D eigenvalue weighted by Crippen LogP contribution is 2.35. The molecule has 1 aliphatic heterocycles. The Labute approximate surface area is 122 Å². The molecule has 3 rings (SSSR count). The molecule has 2 aromatic carbocycles. The van der Waals surface area contributed by atoms with E-state index in [1.54, 1.807) is 18.2 Å². The van der Waals surface area contributed by atoms with Crippen LogP contribution in [-0.2, 0) is 4.79 Å². The van der Waals surface area contributed by atoms with Crippen molar-refractivity contribution in [2.24, 2.45) is 0 Å². The molecule has 5 nitrogen and oxygen atoms in total. The zero-order valence-corrected chi connectivity index (χ0v) is 11.5. The van der Waals surface area contributed by atoms with Gasteiger partial charge in [0.25, 0.3) is 0 Å². The van der Waals surface area contributed by atoms with Crippen molar-refractivity contribution in [2.45, 2.75) is 13.0 Å². The number of aliphatic carboxylic acids is 1. The smallest absolute Gasteiger partial charge is 0.330 e. The number of ether oxygens (including phenoxy) is 2. The van der Waals surface area contributed by atoms with Gasteiger partial charge in [-0.1, -0.05) is 24.3 Å². The monoisotopic (exact) mass is 285 g/mol. The van der Waals surface area contributed by atoms with Crippen molar-refractivity contribution < 1.29 is 19.4 Å². The van der Waals surface area contributed by atoms with E-state index in [1.165, 1.54) is 0 Å². The third kappa shape index (κ3) is 2.63. The predicted octanol–water partition coefficient (Wildman–Crippen LogP) is 2.96. The summed E-state index contributed by atoms with van der Waals surface area (Å²) in [6.07, 6.45) is 0. The molecule has 0 radical (unpaired) electrons. The molecule has 1 atom stereocenters. The van der Waals surface area contributed by atoms with Gasteiger partial charge in [0.1, 0.15) is 0 Å². The fourth-order valence-electron chi connectivity index (χ4n) is 2.27. The molecule has 0 saturated carbocycles. The summed E-state index contributed by atoms with van der Waals surface area (Å²) >= 11 is 0. The van der Waals surface area contributed by atoms with Gasteiger partial charge in [-0.25, -0.2) is 4.79 Å². The average molecular weight is 285 g/mol. The number of anilines is 1. The van der Waals surface area contributed by atoms with Gasteiger partial charge in [-0.3, -0.25) is 0 Å². The largest absolute Gasteiger partial charge is 0.479 e. The molecule has 0 aromatic heterocycles. The maximum atomic E-state index is 11.6. The van der Waals surface area contributed by atoms with Gasteiger partial charge >= 0.3 is 5.97 Å². The van der Waals surface area contributed by atoms with E-state index in [-0.39, 0.29) is 6.79 Å². The van der Waals surface area contributed by atoms with Crippen LogP contribution < -0.4 is 14.8 Å². The number of benzene rings is 2. The topological polar surface area (TPSA) is 67.8 Å². The molecule has 2 N–H and O–H groups in total. The summed E-state index contributed by atoms with van der Waals surface area (Å²) in [5.41, 5.74) is 2.40. The van der Waals surface area contributed by atoms with E-state index in [0.717, 1.165) is 11.3 Å². The number of carbonyl (C=O) groups is 1. The van der Waals surface area contributed by atoms with Crippen LogP contribution in [0.4, 0.5) is 5.69 Å². The third-order valence-electron chi connectivity index (χ3n) is 3.42. The van der Waals surface area contributed by atoms with Gasteiger partial charge in [0.15, 0.2) is 17.5 Å². The van der Waals surface area contributed by atoms with Gasteiger partial charge in [-0.05, 0) is 36.2 Å². The highest BCUT2D eigenvalue weighted by atomic mass is 16.7. The average Bonchev–Trinajstić information content (AvgIpc) is 2.93. The lowest BCUT2D eigenvalue weighted by atomic mass is 10.0. The number of fused-ring (bicyclic) bond motifs is 1. The molecule has 0 aliphatic carbocycles. The molecule has 21 heavy (non-hydrogen) atoms. The molecule has 0 spiro atoms. The van der Waals surface area contributed by atoms with Crippen molar-refractivity contribution in [3.05, 3.63) is 53.6 Å². The molecule has 0 amide bonds. The Balaban J connectivity index is 1.92. The quantitative estimate of drug-likeness (QED) is 0.904. The van der Waals surface area contributed by atoms with Crippen molar-refractivity contribution >= 4 is 11.7 Å². The first-order chi connectivity index (χ1) is 10.1. The Bertz CT molecular complexity index is 684. The second-order valence-corrected chi connectivity index (χ2v) is 4.84. The van der Waals surface area contributed by atoms with Crippen LogP contribution in [0, 0.1) is 6.92 Å². The van der Waals surface area contributed by atoms with Crippen molar-refractivity contribution in [1.29, 1.82) is 0 Å². The first-order valence-electron chi connectivity index (χ1n) is 6.59. The number of para-hydroxylation sites is 1. The minimum atomic E-state index is -0.947. The van der Waals surface area contributed by atoms with Gasteiger partial charge < -0.3 is 19.9 Å². The van der Waals surface area contributed by atoms with Gasteiger partial charge in [-0.15, -0.1) is 0 Å². The number of rotatable bonds is 4. The number of nitrogens with one attached hydrogen (secondary N) is 1. The van der Waals surface area contributed by atoms with Crippen LogP contribution in [0.2, 0.25) is 0 Å². The first-order valence-corrected chi connectivity index (χ1v) is 6.59. The normalized spacial score (nSPS) is 13.8. The lowest BCUT2D eigenvalue weighted by Gasteiger charge is -2.18. The van der Waals surface area contributed by atoms with Gasteiger partial charge in [0.05, 0.1) is 0 Å². The fraction of sp³-hybridized carbons (Fsp3) is 0.188. The molecule has 5 heteroatoms. The summed E-state index contributed by atoms with van der Waals surface area (Å²) in [6.45, 7) is 2.10. The Morgan fingerprint density at radius 2 is 1.95 bits per heavy atom. The van der Waals surface area contributed by atoms with Crippen LogP contribution in [0.3, 0.4) is 0 Å². The molecule has 1 unspecified atom stereocenters. The number of aryl methyl sites for hydroxylation is 1. The van der Waals surface area contributed by atoms with E-state index in [2.05, 4.69) is 5.32 Å². The number of hydrogen-bond donors (Lipinski definition) is 2. The second-order valence-electron chi connectivity index (χ2n) is 4.84. The van der Waals surface area contributed by atoms with E-state index in [1.807, 2.05) is 31.2 Å². The van der Waals surface area contributed by atoms with Crippen LogP contribution in [0.15, 0.2) is 42.5 Å². The summed E-state index contributed by atoms with van der Waals surface area (Å²) in [5, 5.41) is 12.6. The number of carboxylic acid groups (broad SMARTS) is 1. The van der Waals surface area contributed by atoms with Gasteiger partial charge in [0, 0.05) is 5.69 Å². The molecule has 108 valence electrons. The van der Waals surface area contributed by atoms with Crippen molar-refractivity contribution in [1.82, 2.24) is 0 Å². The maximum Gasteiger partial charge on any atom is 0.330 e. The fourth-order valence-corrected chi connectivity index (χ4v) is 2.27. The Kier molecular flexibility index (Phi) is 3.39. The molecule has 0 fully saturated rings. The highest BCUT2D eigenvalue weighted by molar-refractivity contribution is 5.80. The van der Waals surface area contributed by atoms with E-state index in [9.17, 15) is 9.90 Å². The minimum Gasteiger partial charge on any atom is -0.479 e. The number of hydrogen-bond acceptors (Lipinski definition) is 4. The molecule has 0 saturated heterocycles. The van der Waals surface area contributed by atoms with Crippen LogP contribution >= 0.6 is 0 Å². The van der Waals surface area contributed by atoms with Crippen LogP contribution in [0.1, 0.15) is 17.2 Å². The molecular formula is C16H15NO4. The van der Waals surface area contributed by atoms with E-state index in [4.69, 9.17) is 9.47 Å². The summed E-state index contributed by atoms with van der Waals surface area (Å²) in [5.74, 6) is 0.265. The SMILES string of the molecule is Cc1ccccc1NC(C(=O)O)c1ccc2c(c1)OCO2. The van der Waals surface area contributed by atoms with Crippen LogP contribution in [0.5, 0.6) is 11.5 Å². The van der Waals surface area contributed by atoms with Crippen molar-refractivity contribution in [3.8, 4) is 11.5 Å². The van der Waals surface area contributed by atoms with E-state index in [0.29, 0.717) is 17.1 Å². The minimum absolute atomic E-state index is 0.168. The van der Waals surface area contributed by atoms with Crippen molar-refractivity contribution in [2.75, 3.05) is 12.1 Å². The Morgan fingerprint density at radius 1 is 1.19 bits per heavy atom. The highest BCUT2D eigenvalue weighted by Gasteiger charge is 2.23. The zero-order valence-electron chi connectivity index (χ0n) is 11.5. The molecule has 1 aliphatic rings. The van der Waals surface area contributed by atoms with E-state index >= 15 is 0 Å². The Morgan fingerprint density at radius 3 is 2.71 bits per heavy atom. The summed E-state index contributed by atoms with van der Waals surface area (Å²) in [6, 6.07) is 11.9. The second kappa shape index (κ2) is 5.36. The lowest BCUT2D eigenvalue weighted by molar-refractivity contribution is -0.138.